The summed E-state index contributed by atoms with van der Waals surface area (Å²) in [6.45, 7) is 5.47. The second-order valence-electron chi connectivity index (χ2n) is 4.54. The van der Waals surface area contributed by atoms with Crippen molar-refractivity contribution in [3.8, 4) is 11.5 Å². The van der Waals surface area contributed by atoms with Crippen LogP contribution in [0.25, 0.3) is 0 Å². The Morgan fingerprint density at radius 2 is 2.00 bits per heavy atom. The smallest absolute Gasteiger partial charge is 0.142 e. The summed E-state index contributed by atoms with van der Waals surface area (Å²) in [6, 6.07) is 3.66. The van der Waals surface area contributed by atoms with Crippen LogP contribution < -0.4 is 14.8 Å². The van der Waals surface area contributed by atoms with Gasteiger partial charge in [0.2, 0.25) is 0 Å². The van der Waals surface area contributed by atoms with E-state index in [4.69, 9.17) is 9.47 Å². The largest absolute Gasteiger partial charge is 0.495 e. The first-order chi connectivity index (χ1) is 8.97. The van der Waals surface area contributed by atoms with Crippen molar-refractivity contribution < 1.29 is 14.6 Å². The van der Waals surface area contributed by atoms with Gasteiger partial charge in [-0.15, -0.1) is 0 Å². The molecule has 1 unspecified atom stereocenters. The lowest BCUT2D eigenvalue weighted by Crippen LogP contribution is -2.28. The van der Waals surface area contributed by atoms with Crippen LogP contribution in [0.2, 0.25) is 0 Å². The summed E-state index contributed by atoms with van der Waals surface area (Å²) >= 11 is 3.45. The van der Waals surface area contributed by atoms with Gasteiger partial charge in [0.15, 0.2) is 0 Å². The molecule has 0 aromatic heterocycles. The van der Waals surface area contributed by atoms with Crippen molar-refractivity contribution in [1.29, 1.82) is 0 Å². The first-order valence-corrected chi connectivity index (χ1v) is 7.11. The third-order valence-corrected chi connectivity index (χ3v) is 3.86. The Morgan fingerprint density at radius 3 is 2.53 bits per heavy atom. The zero-order valence-corrected chi connectivity index (χ0v) is 13.5. The van der Waals surface area contributed by atoms with Crippen molar-refractivity contribution in [3.05, 3.63) is 22.2 Å². The number of rotatable bonds is 7. The Labute approximate surface area is 123 Å². The van der Waals surface area contributed by atoms with Crippen LogP contribution >= 0.6 is 15.9 Å². The highest BCUT2D eigenvalue weighted by Gasteiger charge is 2.28. The molecule has 2 N–H and O–H groups in total. The van der Waals surface area contributed by atoms with Crippen LogP contribution in [0, 0.1) is 0 Å². The maximum absolute atomic E-state index is 10.6. The van der Waals surface area contributed by atoms with E-state index in [1.165, 1.54) is 0 Å². The predicted octanol–water partition coefficient (Wildman–Crippen LogP) is 2.67. The fourth-order valence-electron chi connectivity index (χ4n) is 1.96. The van der Waals surface area contributed by atoms with E-state index in [2.05, 4.69) is 21.2 Å². The van der Waals surface area contributed by atoms with Gasteiger partial charge in [0.05, 0.1) is 19.8 Å². The molecule has 4 nitrogen and oxygen atoms in total. The Kier molecular flexibility index (Phi) is 6.10. The summed E-state index contributed by atoms with van der Waals surface area (Å²) in [5, 5.41) is 13.8. The molecule has 1 aromatic rings. The lowest BCUT2D eigenvalue weighted by Gasteiger charge is -2.27. The molecule has 0 saturated heterocycles. The molecule has 0 saturated carbocycles. The van der Waals surface area contributed by atoms with E-state index in [-0.39, 0.29) is 0 Å². The normalized spacial score (nSPS) is 14.0. The SMILES string of the molecule is CCNCCC(C)(O)c1ccc(OC)c(Br)c1OC. The van der Waals surface area contributed by atoms with E-state index in [0.29, 0.717) is 17.9 Å². The molecule has 1 aromatic carbocycles. The summed E-state index contributed by atoms with van der Waals surface area (Å²) in [4.78, 5) is 0. The van der Waals surface area contributed by atoms with Gasteiger partial charge < -0.3 is 19.9 Å². The number of aliphatic hydroxyl groups is 1. The van der Waals surface area contributed by atoms with E-state index >= 15 is 0 Å². The summed E-state index contributed by atoms with van der Waals surface area (Å²) in [5.74, 6) is 1.30. The Hall–Kier alpha value is -0.780. The molecule has 1 atom stereocenters. The topological polar surface area (TPSA) is 50.7 Å². The lowest BCUT2D eigenvalue weighted by atomic mass is 9.91. The number of benzene rings is 1. The second-order valence-corrected chi connectivity index (χ2v) is 5.33. The van der Waals surface area contributed by atoms with Gasteiger partial charge in [-0.3, -0.25) is 0 Å². The van der Waals surface area contributed by atoms with Gasteiger partial charge >= 0.3 is 0 Å². The number of nitrogens with one attached hydrogen (secondary N) is 1. The standard InChI is InChI=1S/C14H22BrNO3/c1-5-16-9-8-14(2,17)10-6-7-11(18-3)12(15)13(10)19-4/h6-7,16-17H,5,8-9H2,1-4H3. The molecule has 0 amide bonds. The lowest BCUT2D eigenvalue weighted by molar-refractivity contribution is 0.0455. The highest BCUT2D eigenvalue weighted by Crippen LogP contribution is 2.42. The van der Waals surface area contributed by atoms with Crippen molar-refractivity contribution in [3.63, 3.8) is 0 Å². The van der Waals surface area contributed by atoms with Crippen LogP contribution in [-0.4, -0.2) is 32.4 Å². The van der Waals surface area contributed by atoms with Gasteiger partial charge in [0.1, 0.15) is 16.0 Å². The molecular formula is C14H22BrNO3. The number of methoxy groups -OCH3 is 2. The molecule has 0 aliphatic carbocycles. The van der Waals surface area contributed by atoms with E-state index in [0.717, 1.165) is 23.1 Å². The monoisotopic (exact) mass is 331 g/mol. The van der Waals surface area contributed by atoms with Crippen molar-refractivity contribution >= 4 is 15.9 Å². The van der Waals surface area contributed by atoms with Crippen LogP contribution in [0.15, 0.2) is 16.6 Å². The summed E-state index contributed by atoms with van der Waals surface area (Å²) in [5.41, 5.74) is -0.206. The number of halogens is 1. The van der Waals surface area contributed by atoms with Crippen LogP contribution in [0.1, 0.15) is 25.8 Å². The molecular weight excluding hydrogens is 310 g/mol. The molecule has 1 rings (SSSR count). The highest BCUT2D eigenvalue weighted by atomic mass is 79.9. The van der Waals surface area contributed by atoms with Crippen molar-refractivity contribution in [2.24, 2.45) is 0 Å². The van der Waals surface area contributed by atoms with E-state index in [1.54, 1.807) is 21.1 Å². The van der Waals surface area contributed by atoms with Crippen molar-refractivity contribution in [2.75, 3.05) is 27.3 Å². The molecule has 0 aliphatic heterocycles. The maximum atomic E-state index is 10.6. The van der Waals surface area contributed by atoms with Gasteiger partial charge in [-0.1, -0.05) is 6.92 Å². The summed E-state index contributed by atoms with van der Waals surface area (Å²) in [6.07, 6.45) is 0.607. The van der Waals surface area contributed by atoms with Gasteiger partial charge in [-0.25, -0.2) is 0 Å². The quantitative estimate of drug-likeness (QED) is 0.754. The zero-order valence-electron chi connectivity index (χ0n) is 11.9. The number of ether oxygens (including phenoxy) is 2. The number of hydrogen-bond acceptors (Lipinski definition) is 4. The maximum Gasteiger partial charge on any atom is 0.142 e. The highest BCUT2D eigenvalue weighted by molar-refractivity contribution is 9.10. The summed E-state index contributed by atoms with van der Waals surface area (Å²) in [7, 11) is 3.19. The molecule has 0 fully saturated rings. The molecule has 108 valence electrons. The van der Waals surface area contributed by atoms with Crippen LogP contribution in [-0.2, 0) is 5.60 Å². The molecule has 0 aliphatic rings. The summed E-state index contributed by atoms with van der Waals surface area (Å²) < 4.78 is 11.4. The average Bonchev–Trinajstić information content (AvgIpc) is 2.38. The fourth-order valence-corrected chi connectivity index (χ4v) is 2.63. The van der Waals surface area contributed by atoms with E-state index in [9.17, 15) is 5.11 Å². The Morgan fingerprint density at radius 1 is 1.32 bits per heavy atom. The third kappa shape index (κ3) is 3.84. The molecule has 0 bridgehead atoms. The van der Waals surface area contributed by atoms with E-state index in [1.807, 2.05) is 19.1 Å². The van der Waals surface area contributed by atoms with Crippen LogP contribution in [0.3, 0.4) is 0 Å². The van der Waals surface area contributed by atoms with E-state index < -0.39 is 5.60 Å². The van der Waals surface area contributed by atoms with Gasteiger partial charge in [0, 0.05) is 5.56 Å². The van der Waals surface area contributed by atoms with Gasteiger partial charge in [0.25, 0.3) is 0 Å². The van der Waals surface area contributed by atoms with Gasteiger partial charge in [-0.2, -0.15) is 0 Å². The number of hydrogen-bond donors (Lipinski definition) is 2. The molecule has 0 spiro atoms. The molecule has 5 heteroatoms. The predicted molar refractivity (Wildman–Crippen MR) is 80.0 cm³/mol. The first kappa shape index (κ1) is 16.3. The fraction of sp³-hybridized carbons (Fsp3) is 0.571. The Bertz CT molecular complexity index is 421. The minimum absolute atomic E-state index is 0.607. The third-order valence-electron chi connectivity index (χ3n) is 3.10. The average molecular weight is 332 g/mol. The molecule has 0 radical (unpaired) electrons. The van der Waals surface area contributed by atoms with Crippen molar-refractivity contribution in [2.45, 2.75) is 25.9 Å². The zero-order chi connectivity index (χ0) is 14.5. The molecule has 0 heterocycles. The van der Waals surface area contributed by atoms with Crippen LogP contribution in [0.4, 0.5) is 0 Å². The Balaban J connectivity index is 3.08. The van der Waals surface area contributed by atoms with Gasteiger partial charge in [-0.05, 0) is 54.5 Å². The van der Waals surface area contributed by atoms with Crippen molar-refractivity contribution in [1.82, 2.24) is 5.32 Å². The molecule has 19 heavy (non-hydrogen) atoms. The first-order valence-electron chi connectivity index (χ1n) is 6.32. The minimum atomic E-state index is -0.956. The second kappa shape index (κ2) is 7.12. The minimum Gasteiger partial charge on any atom is -0.495 e. The van der Waals surface area contributed by atoms with Crippen LogP contribution in [0.5, 0.6) is 11.5 Å².